The van der Waals surface area contributed by atoms with Gasteiger partial charge in [-0.05, 0) is 43.0 Å². The second kappa shape index (κ2) is 9.21. The van der Waals surface area contributed by atoms with E-state index in [2.05, 4.69) is 0 Å². The fourth-order valence-electron chi connectivity index (χ4n) is 3.02. The first-order chi connectivity index (χ1) is 12.8. The number of hydrogen-bond acceptors (Lipinski definition) is 5. The van der Waals surface area contributed by atoms with Gasteiger partial charge in [-0.25, -0.2) is 0 Å². The van der Waals surface area contributed by atoms with Crippen LogP contribution in [-0.4, -0.2) is 29.1 Å². The third kappa shape index (κ3) is 5.84. The Labute approximate surface area is 159 Å². The van der Waals surface area contributed by atoms with Gasteiger partial charge in [-0.1, -0.05) is 42.8 Å². The molecule has 0 amide bonds. The Morgan fingerprint density at radius 3 is 2.19 bits per heavy atom. The van der Waals surface area contributed by atoms with Crippen molar-refractivity contribution in [3.63, 3.8) is 0 Å². The number of Topliss-reactive ketones (excluding diaryl/α,β-unsaturated/α-hetero) is 1. The molecule has 2 aromatic carbocycles. The summed E-state index contributed by atoms with van der Waals surface area (Å²) in [7, 11) is 1.33. The molecule has 0 aliphatic carbocycles. The van der Waals surface area contributed by atoms with Crippen LogP contribution in [0.15, 0.2) is 42.5 Å². The van der Waals surface area contributed by atoms with Crippen molar-refractivity contribution in [2.75, 3.05) is 7.11 Å². The smallest absolute Gasteiger partial charge is 0.309 e. The van der Waals surface area contributed by atoms with Gasteiger partial charge in [0.05, 0.1) is 13.0 Å². The van der Waals surface area contributed by atoms with Gasteiger partial charge in [0.15, 0.2) is 11.5 Å². The normalized spacial score (nSPS) is 13.0. The molecule has 27 heavy (non-hydrogen) atoms. The molecule has 0 aromatic heterocycles. The fourth-order valence-corrected chi connectivity index (χ4v) is 3.02. The van der Waals surface area contributed by atoms with Gasteiger partial charge in [0.1, 0.15) is 5.78 Å². The molecule has 0 aliphatic rings. The molecular weight excluding hydrogens is 344 g/mol. The Kier molecular flexibility index (Phi) is 6.99. The predicted octanol–water partition coefficient (Wildman–Crippen LogP) is 3.58. The summed E-state index contributed by atoms with van der Waals surface area (Å²) in [6.45, 7) is 3.79. The van der Waals surface area contributed by atoms with E-state index >= 15 is 0 Å². The average molecular weight is 370 g/mol. The van der Waals surface area contributed by atoms with Crippen molar-refractivity contribution in [3.05, 3.63) is 59.2 Å². The lowest BCUT2D eigenvalue weighted by Crippen LogP contribution is -2.25. The molecule has 0 fully saturated rings. The van der Waals surface area contributed by atoms with E-state index in [1.54, 1.807) is 13.0 Å². The highest BCUT2D eigenvalue weighted by molar-refractivity contribution is 5.86. The maximum absolute atomic E-state index is 12.7. The molecule has 0 saturated carbocycles. The Hall–Kier alpha value is -2.82. The molecule has 0 bridgehead atoms. The number of rotatable bonds is 8. The average Bonchev–Trinajstić information content (AvgIpc) is 2.65. The van der Waals surface area contributed by atoms with Crippen LogP contribution in [0.5, 0.6) is 11.5 Å². The standard InChI is InChI=1S/C22H26O5/c1-14-4-6-16(7-5-14)11-18(22(26)27-3)13-20(24)15(2)10-17-8-9-19(23)21(25)12-17/h4-9,12,15,18,23,25H,10-11,13H2,1-3H3/t15-,18+/m0/s1. The molecule has 0 spiro atoms. The highest BCUT2D eigenvalue weighted by atomic mass is 16.5. The molecular formula is C22H26O5. The van der Waals surface area contributed by atoms with Crippen LogP contribution in [0.1, 0.15) is 30.0 Å². The molecule has 0 aliphatic heterocycles. The lowest BCUT2D eigenvalue weighted by molar-refractivity contribution is -0.147. The third-order valence-electron chi connectivity index (χ3n) is 4.72. The summed E-state index contributed by atoms with van der Waals surface area (Å²) < 4.78 is 4.88. The van der Waals surface area contributed by atoms with E-state index in [9.17, 15) is 19.8 Å². The SMILES string of the molecule is COC(=O)[C@@H](CC(=O)[C@@H](C)Cc1ccc(O)c(O)c1)Cc1ccc(C)cc1. The van der Waals surface area contributed by atoms with Gasteiger partial charge in [-0.15, -0.1) is 0 Å². The van der Waals surface area contributed by atoms with Gasteiger partial charge in [0.25, 0.3) is 0 Å². The number of carbonyl (C=O) groups excluding carboxylic acids is 2. The Morgan fingerprint density at radius 2 is 1.59 bits per heavy atom. The number of esters is 1. The highest BCUT2D eigenvalue weighted by Gasteiger charge is 2.26. The Morgan fingerprint density at radius 1 is 0.963 bits per heavy atom. The van der Waals surface area contributed by atoms with Gasteiger partial charge in [0.2, 0.25) is 0 Å². The fraction of sp³-hybridized carbons (Fsp3) is 0.364. The van der Waals surface area contributed by atoms with Gasteiger partial charge in [-0.3, -0.25) is 9.59 Å². The summed E-state index contributed by atoms with van der Waals surface area (Å²) in [4.78, 5) is 24.8. The van der Waals surface area contributed by atoms with Gasteiger partial charge in [0, 0.05) is 12.3 Å². The van der Waals surface area contributed by atoms with E-state index in [0.29, 0.717) is 12.8 Å². The van der Waals surface area contributed by atoms with Crippen LogP contribution in [-0.2, 0) is 27.2 Å². The molecule has 144 valence electrons. The minimum absolute atomic E-state index is 0.0370. The molecule has 0 radical (unpaired) electrons. The van der Waals surface area contributed by atoms with Crippen molar-refractivity contribution < 1.29 is 24.5 Å². The van der Waals surface area contributed by atoms with Crippen molar-refractivity contribution in [1.29, 1.82) is 0 Å². The maximum Gasteiger partial charge on any atom is 0.309 e. The molecule has 0 saturated heterocycles. The van der Waals surface area contributed by atoms with Gasteiger partial charge < -0.3 is 14.9 Å². The molecule has 0 unspecified atom stereocenters. The van der Waals surface area contributed by atoms with Crippen LogP contribution in [0.2, 0.25) is 0 Å². The third-order valence-corrected chi connectivity index (χ3v) is 4.72. The molecule has 2 rings (SSSR count). The predicted molar refractivity (Wildman–Crippen MR) is 103 cm³/mol. The van der Waals surface area contributed by atoms with Crippen LogP contribution in [0.25, 0.3) is 0 Å². The first kappa shape index (κ1) is 20.5. The van der Waals surface area contributed by atoms with Crippen molar-refractivity contribution in [1.82, 2.24) is 0 Å². The summed E-state index contributed by atoms with van der Waals surface area (Å²) in [6, 6.07) is 12.4. The zero-order valence-electron chi connectivity index (χ0n) is 15.9. The number of carbonyl (C=O) groups is 2. The van der Waals surface area contributed by atoms with Crippen molar-refractivity contribution >= 4 is 11.8 Å². The number of ketones is 1. The van der Waals surface area contributed by atoms with Crippen molar-refractivity contribution in [2.45, 2.75) is 33.1 Å². The second-order valence-electron chi connectivity index (χ2n) is 7.01. The molecule has 2 aromatic rings. The first-order valence-corrected chi connectivity index (χ1v) is 8.97. The molecule has 2 N–H and O–H groups in total. The zero-order valence-corrected chi connectivity index (χ0v) is 15.9. The molecule has 2 atom stereocenters. The second-order valence-corrected chi connectivity index (χ2v) is 7.01. The van der Waals surface area contributed by atoms with Crippen LogP contribution in [0.4, 0.5) is 0 Å². The topological polar surface area (TPSA) is 83.8 Å². The number of ether oxygens (including phenoxy) is 1. The Bertz CT molecular complexity index is 795. The zero-order chi connectivity index (χ0) is 20.0. The van der Waals surface area contributed by atoms with Crippen LogP contribution < -0.4 is 0 Å². The number of aromatic hydroxyl groups is 2. The van der Waals surface area contributed by atoms with Crippen molar-refractivity contribution in [2.24, 2.45) is 11.8 Å². The number of benzene rings is 2. The number of aryl methyl sites for hydroxylation is 1. The summed E-state index contributed by atoms with van der Waals surface area (Å²) in [6.07, 6.45) is 0.974. The van der Waals surface area contributed by atoms with Crippen LogP contribution >= 0.6 is 0 Å². The van der Waals surface area contributed by atoms with Gasteiger partial charge in [-0.2, -0.15) is 0 Å². The summed E-state index contributed by atoms with van der Waals surface area (Å²) in [5.41, 5.74) is 2.87. The number of methoxy groups -OCH3 is 1. The van der Waals surface area contributed by atoms with E-state index in [4.69, 9.17) is 4.74 Å². The highest BCUT2D eigenvalue weighted by Crippen LogP contribution is 2.27. The van der Waals surface area contributed by atoms with E-state index < -0.39 is 11.9 Å². The molecule has 5 nitrogen and oxygen atoms in total. The lowest BCUT2D eigenvalue weighted by Gasteiger charge is -2.17. The van der Waals surface area contributed by atoms with Crippen LogP contribution in [0, 0.1) is 18.8 Å². The largest absolute Gasteiger partial charge is 0.504 e. The minimum Gasteiger partial charge on any atom is -0.504 e. The molecule has 5 heteroatoms. The maximum atomic E-state index is 12.7. The summed E-state index contributed by atoms with van der Waals surface area (Å²) >= 11 is 0. The van der Waals surface area contributed by atoms with Crippen LogP contribution in [0.3, 0.4) is 0 Å². The molecule has 0 heterocycles. The summed E-state index contributed by atoms with van der Waals surface area (Å²) in [5, 5.41) is 19.0. The van der Waals surface area contributed by atoms with E-state index in [1.165, 1.54) is 19.2 Å². The minimum atomic E-state index is -0.527. The van der Waals surface area contributed by atoms with E-state index in [-0.39, 0.29) is 29.6 Å². The quantitative estimate of drug-likeness (QED) is 0.548. The number of phenolic OH excluding ortho intramolecular Hbond substituents is 2. The van der Waals surface area contributed by atoms with E-state index in [1.807, 2.05) is 31.2 Å². The first-order valence-electron chi connectivity index (χ1n) is 8.97. The number of phenols is 2. The van der Waals surface area contributed by atoms with Crippen molar-refractivity contribution in [3.8, 4) is 11.5 Å². The monoisotopic (exact) mass is 370 g/mol. The van der Waals surface area contributed by atoms with E-state index in [0.717, 1.165) is 16.7 Å². The lowest BCUT2D eigenvalue weighted by atomic mass is 9.88. The Balaban J connectivity index is 2.04. The number of hydrogen-bond donors (Lipinski definition) is 2. The summed E-state index contributed by atoms with van der Waals surface area (Å²) in [5.74, 6) is -1.68. The van der Waals surface area contributed by atoms with Gasteiger partial charge >= 0.3 is 5.97 Å².